The van der Waals surface area contributed by atoms with E-state index in [0.717, 1.165) is 0 Å². The van der Waals surface area contributed by atoms with E-state index in [0.29, 0.717) is 11.3 Å². The first-order valence-electron chi connectivity index (χ1n) is 7.10. The van der Waals surface area contributed by atoms with Gasteiger partial charge in [0, 0.05) is 24.9 Å². The van der Waals surface area contributed by atoms with Crippen LogP contribution in [0.15, 0.2) is 36.0 Å². The van der Waals surface area contributed by atoms with Gasteiger partial charge in [-0.2, -0.15) is 5.26 Å². The molecule has 8 nitrogen and oxygen atoms in total. The summed E-state index contributed by atoms with van der Waals surface area (Å²) in [6.45, 7) is 0.161. The second-order valence-electron chi connectivity index (χ2n) is 4.83. The van der Waals surface area contributed by atoms with Gasteiger partial charge in [-0.05, 0) is 24.1 Å². The number of hydrogen-bond acceptors (Lipinski definition) is 5. The Morgan fingerprint density at radius 2 is 1.79 bits per heavy atom. The van der Waals surface area contributed by atoms with Crippen LogP contribution in [-0.4, -0.2) is 34.6 Å². The first-order valence-corrected chi connectivity index (χ1v) is 7.10. The van der Waals surface area contributed by atoms with Gasteiger partial charge < -0.3 is 20.8 Å². The van der Waals surface area contributed by atoms with Crippen LogP contribution in [0.2, 0.25) is 0 Å². The number of anilines is 1. The maximum absolute atomic E-state index is 11.8. The van der Waals surface area contributed by atoms with Crippen molar-refractivity contribution in [2.75, 3.05) is 11.9 Å². The van der Waals surface area contributed by atoms with Gasteiger partial charge in [-0.15, -0.1) is 0 Å². The zero-order chi connectivity index (χ0) is 17.9. The zero-order valence-electron chi connectivity index (χ0n) is 12.8. The lowest BCUT2D eigenvalue weighted by Crippen LogP contribution is -2.26. The Morgan fingerprint density at radius 1 is 1.12 bits per heavy atom. The van der Waals surface area contributed by atoms with Crippen LogP contribution in [-0.2, 0) is 20.8 Å². The molecule has 4 N–H and O–H groups in total. The molecule has 8 heteroatoms. The van der Waals surface area contributed by atoms with E-state index in [4.69, 9.17) is 15.5 Å². The van der Waals surface area contributed by atoms with Gasteiger partial charge in [0.15, 0.2) is 0 Å². The lowest BCUT2D eigenvalue weighted by molar-refractivity contribution is -0.137. The van der Waals surface area contributed by atoms with Gasteiger partial charge in [-0.3, -0.25) is 14.4 Å². The topological polar surface area (TPSA) is 140 Å². The fourth-order valence-corrected chi connectivity index (χ4v) is 1.73. The van der Waals surface area contributed by atoms with Gasteiger partial charge in [-0.25, -0.2) is 0 Å². The summed E-state index contributed by atoms with van der Waals surface area (Å²) in [5, 5.41) is 31.4. The SMILES string of the molecule is N#C/C(=C/Nc1ccc(CC(=O)O)cc1)C(=O)NCCCC(=O)O. The van der Waals surface area contributed by atoms with Crippen molar-refractivity contribution < 1.29 is 24.6 Å². The molecule has 0 fully saturated rings. The van der Waals surface area contributed by atoms with Gasteiger partial charge in [0.1, 0.15) is 11.6 Å². The van der Waals surface area contributed by atoms with E-state index < -0.39 is 17.8 Å². The maximum atomic E-state index is 11.8. The number of hydrogen-bond donors (Lipinski definition) is 4. The molecule has 24 heavy (non-hydrogen) atoms. The number of amides is 1. The Bertz CT molecular complexity index is 674. The molecule has 0 saturated heterocycles. The van der Waals surface area contributed by atoms with Crippen LogP contribution in [0.5, 0.6) is 0 Å². The summed E-state index contributed by atoms with van der Waals surface area (Å²) in [7, 11) is 0. The standard InChI is InChI=1S/C16H17N3O5/c17-9-12(16(24)18-7-1-2-14(20)21)10-19-13-5-3-11(4-6-13)8-15(22)23/h3-6,10,19H,1-2,7-8H2,(H,18,24)(H,20,21)(H,22,23)/b12-10-. The van der Waals surface area contributed by atoms with Crippen LogP contribution in [0, 0.1) is 11.3 Å². The normalized spacial score (nSPS) is 10.5. The predicted molar refractivity (Wildman–Crippen MR) is 85.0 cm³/mol. The Balaban J connectivity index is 2.56. The molecule has 0 radical (unpaired) electrons. The summed E-state index contributed by atoms with van der Waals surface area (Å²) >= 11 is 0. The van der Waals surface area contributed by atoms with E-state index >= 15 is 0 Å². The molecule has 0 aromatic heterocycles. The second-order valence-corrected chi connectivity index (χ2v) is 4.83. The van der Waals surface area contributed by atoms with Crippen LogP contribution < -0.4 is 10.6 Å². The van der Waals surface area contributed by atoms with Crippen LogP contribution in [0.25, 0.3) is 0 Å². The molecule has 0 bridgehead atoms. The van der Waals surface area contributed by atoms with E-state index in [1.54, 1.807) is 30.3 Å². The first-order chi connectivity index (χ1) is 11.4. The monoisotopic (exact) mass is 331 g/mol. The predicted octanol–water partition coefficient (Wildman–Crippen LogP) is 1.11. The van der Waals surface area contributed by atoms with Gasteiger partial charge in [0.05, 0.1) is 6.42 Å². The highest BCUT2D eigenvalue weighted by Gasteiger charge is 2.08. The number of carbonyl (C=O) groups excluding carboxylic acids is 1. The molecule has 0 aliphatic rings. The molecular formula is C16H17N3O5. The van der Waals surface area contributed by atoms with E-state index in [2.05, 4.69) is 10.6 Å². The molecule has 0 heterocycles. The smallest absolute Gasteiger partial charge is 0.307 e. The van der Waals surface area contributed by atoms with Crippen molar-refractivity contribution in [3.8, 4) is 6.07 Å². The van der Waals surface area contributed by atoms with Crippen LogP contribution in [0.1, 0.15) is 18.4 Å². The highest BCUT2D eigenvalue weighted by atomic mass is 16.4. The van der Waals surface area contributed by atoms with Crippen molar-refractivity contribution in [1.82, 2.24) is 5.32 Å². The maximum Gasteiger partial charge on any atom is 0.307 e. The zero-order valence-corrected chi connectivity index (χ0v) is 12.8. The third-order valence-electron chi connectivity index (χ3n) is 2.91. The van der Waals surface area contributed by atoms with Crippen LogP contribution in [0.3, 0.4) is 0 Å². The van der Waals surface area contributed by atoms with E-state index in [-0.39, 0.29) is 31.4 Å². The fraction of sp³-hybridized carbons (Fsp3) is 0.250. The van der Waals surface area contributed by atoms with E-state index in [1.165, 1.54) is 6.20 Å². The lowest BCUT2D eigenvalue weighted by atomic mass is 10.1. The van der Waals surface area contributed by atoms with Gasteiger partial charge in [0.25, 0.3) is 5.91 Å². The Morgan fingerprint density at radius 3 is 2.33 bits per heavy atom. The number of nitrogens with one attached hydrogen (secondary N) is 2. The number of nitrogens with zero attached hydrogens (tertiary/aromatic N) is 1. The molecular weight excluding hydrogens is 314 g/mol. The third kappa shape index (κ3) is 7.09. The summed E-state index contributed by atoms with van der Waals surface area (Å²) in [6, 6.07) is 8.27. The van der Waals surface area contributed by atoms with Crippen LogP contribution in [0.4, 0.5) is 5.69 Å². The average molecular weight is 331 g/mol. The minimum absolute atomic E-state index is 0.0627. The third-order valence-corrected chi connectivity index (χ3v) is 2.91. The van der Waals surface area contributed by atoms with Gasteiger partial charge >= 0.3 is 11.9 Å². The largest absolute Gasteiger partial charge is 0.481 e. The molecule has 0 aliphatic carbocycles. The molecule has 0 unspecified atom stereocenters. The Kier molecular flexibility index (Phi) is 7.51. The fourth-order valence-electron chi connectivity index (χ4n) is 1.73. The number of carbonyl (C=O) groups is 3. The number of carboxylic acid groups (broad SMARTS) is 2. The first kappa shape index (κ1) is 18.7. The van der Waals surface area contributed by atoms with Crippen molar-refractivity contribution >= 4 is 23.5 Å². The number of benzene rings is 1. The highest BCUT2D eigenvalue weighted by Crippen LogP contribution is 2.10. The van der Waals surface area contributed by atoms with Crippen molar-refractivity contribution in [3.63, 3.8) is 0 Å². The van der Waals surface area contributed by atoms with Crippen molar-refractivity contribution in [2.24, 2.45) is 0 Å². The average Bonchev–Trinajstić information content (AvgIpc) is 2.53. The van der Waals surface area contributed by atoms with Crippen LogP contribution >= 0.6 is 0 Å². The molecule has 1 rings (SSSR count). The van der Waals surface area contributed by atoms with E-state index in [1.807, 2.05) is 0 Å². The summed E-state index contributed by atoms with van der Waals surface area (Å²) in [4.78, 5) is 32.7. The van der Waals surface area contributed by atoms with Gasteiger partial charge in [0.2, 0.25) is 0 Å². The Hall–Kier alpha value is -3.34. The molecule has 0 atom stereocenters. The quantitative estimate of drug-likeness (QED) is 0.302. The molecule has 0 aliphatic heterocycles. The van der Waals surface area contributed by atoms with Crippen molar-refractivity contribution in [1.29, 1.82) is 5.26 Å². The molecule has 1 amide bonds. The van der Waals surface area contributed by atoms with Crippen molar-refractivity contribution in [2.45, 2.75) is 19.3 Å². The van der Waals surface area contributed by atoms with Gasteiger partial charge in [-0.1, -0.05) is 12.1 Å². The number of carboxylic acids is 2. The van der Waals surface area contributed by atoms with Crippen molar-refractivity contribution in [3.05, 3.63) is 41.6 Å². The molecule has 1 aromatic rings. The number of rotatable bonds is 9. The molecule has 0 spiro atoms. The summed E-state index contributed by atoms with van der Waals surface area (Å²) in [5.74, 6) is -2.48. The molecule has 1 aromatic carbocycles. The second kappa shape index (κ2) is 9.63. The summed E-state index contributed by atoms with van der Waals surface area (Å²) in [5.41, 5.74) is 1.07. The summed E-state index contributed by atoms with van der Waals surface area (Å²) in [6.07, 6.45) is 1.36. The molecule has 126 valence electrons. The molecule has 0 saturated carbocycles. The lowest BCUT2D eigenvalue weighted by Gasteiger charge is -2.05. The minimum atomic E-state index is -0.951. The summed E-state index contributed by atoms with van der Waals surface area (Å²) < 4.78 is 0. The highest BCUT2D eigenvalue weighted by molar-refractivity contribution is 5.97. The number of aliphatic carboxylic acids is 2. The van der Waals surface area contributed by atoms with E-state index in [9.17, 15) is 14.4 Å². The Labute approximate surface area is 138 Å². The number of nitriles is 1. The minimum Gasteiger partial charge on any atom is -0.481 e.